The highest BCUT2D eigenvalue weighted by Gasteiger charge is 2.30. The lowest BCUT2D eigenvalue weighted by Gasteiger charge is -2.36. The van der Waals surface area contributed by atoms with Crippen LogP contribution in [0.4, 0.5) is 0 Å². The fourth-order valence-electron chi connectivity index (χ4n) is 3.59. The first-order chi connectivity index (χ1) is 13.1. The number of benzene rings is 1. The largest absolute Gasteiger partial charge is 0.480 e. The summed E-state index contributed by atoms with van der Waals surface area (Å²) in [4.78, 5) is 17.9. The van der Waals surface area contributed by atoms with Crippen LogP contribution >= 0.6 is 11.6 Å². The van der Waals surface area contributed by atoms with Crippen LogP contribution in [0.1, 0.15) is 43.5 Å². The first-order valence-corrected chi connectivity index (χ1v) is 9.75. The molecule has 5 nitrogen and oxygen atoms in total. The lowest BCUT2D eigenvalue weighted by atomic mass is 10.0. The zero-order chi connectivity index (χ0) is 19.2. The van der Waals surface area contributed by atoms with E-state index in [9.17, 15) is 9.90 Å². The van der Waals surface area contributed by atoms with E-state index in [-0.39, 0.29) is 12.2 Å². The predicted octanol–water partition coefficient (Wildman–Crippen LogP) is 4.17. The van der Waals surface area contributed by atoms with Gasteiger partial charge in [0.1, 0.15) is 12.1 Å². The lowest BCUT2D eigenvalue weighted by Crippen LogP contribution is -2.47. The van der Waals surface area contributed by atoms with Crippen molar-refractivity contribution in [3.8, 4) is 0 Å². The molecule has 1 fully saturated rings. The van der Waals surface area contributed by atoms with Crippen LogP contribution in [0.15, 0.2) is 48.7 Å². The molecule has 6 heteroatoms. The Labute approximate surface area is 164 Å². The van der Waals surface area contributed by atoms with Gasteiger partial charge in [0, 0.05) is 24.3 Å². The van der Waals surface area contributed by atoms with Crippen LogP contribution in [0.5, 0.6) is 0 Å². The van der Waals surface area contributed by atoms with Crippen molar-refractivity contribution in [1.29, 1.82) is 0 Å². The second-order valence-electron chi connectivity index (χ2n) is 6.82. The van der Waals surface area contributed by atoms with Gasteiger partial charge in [-0.1, -0.05) is 36.7 Å². The summed E-state index contributed by atoms with van der Waals surface area (Å²) in [5.74, 6) is -0.746. The van der Waals surface area contributed by atoms with Gasteiger partial charge in [0.05, 0.1) is 11.8 Å². The van der Waals surface area contributed by atoms with Crippen molar-refractivity contribution < 1.29 is 14.6 Å². The number of piperidine rings is 1. The van der Waals surface area contributed by atoms with E-state index >= 15 is 0 Å². The van der Waals surface area contributed by atoms with Gasteiger partial charge in [-0.05, 0) is 49.1 Å². The maximum Gasteiger partial charge on any atom is 0.320 e. The van der Waals surface area contributed by atoms with Gasteiger partial charge in [-0.25, -0.2) is 0 Å². The van der Waals surface area contributed by atoms with Gasteiger partial charge >= 0.3 is 5.97 Å². The molecule has 1 N–H and O–H groups in total. The van der Waals surface area contributed by atoms with Crippen molar-refractivity contribution >= 4 is 17.6 Å². The zero-order valence-electron chi connectivity index (χ0n) is 15.4. The normalized spacial score (nSPS) is 18.1. The summed E-state index contributed by atoms with van der Waals surface area (Å²) >= 11 is 6.03. The molecule has 3 rings (SSSR count). The van der Waals surface area contributed by atoms with E-state index in [1.807, 2.05) is 54.3 Å². The van der Waals surface area contributed by atoms with Gasteiger partial charge in [0.15, 0.2) is 0 Å². The Bertz CT molecular complexity index is 731. The quantitative estimate of drug-likeness (QED) is 0.771. The van der Waals surface area contributed by atoms with Crippen molar-refractivity contribution in [2.75, 3.05) is 13.1 Å². The number of likely N-dealkylation sites (tertiary alicyclic amines) is 1. The Hall–Kier alpha value is -1.95. The van der Waals surface area contributed by atoms with E-state index < -0.39 is 12.0 Å². The first-order valence-electron chi connectivity index (χ1n) is 9.37. The lowest BCUT2D eigenvalue weighted by molar-refractivity contribution is -0.144. The Morgan fingerprint density at radius 3 is 2.52 bits per heavy atom. The van der Waals surface area contributed by atoms with Crippen molar-refractivity contribution in [2.24, 2.45) is 0 Å². The summed E-state index contributed by atoms with van der Waals surface area (Å²) < 4.78 is 6.45. The number of carbonyl (C=O) groups is 1. The van der Waals surface area contributed by atoms with E-state index in [2.05, 4.69) is 4.98 Å². The summed E-state index contributed by atoms with van der Waals surface area (Å²) in [5.41, 5.74) is 1.87. The van der Waals surface area contributed by atoms with Crippen molar-refractivity contribution in [3.63, 3.8) is 0 Å². The van der Waals surface area contributed by atoms with Gasteiger partial charge in [-0.3, -0.25) is 14.7 Å². The number of hydrogen-bond acceptors (Lipinski definition) is 4. The molecule has 1 aromatic heterocycles. The van der Waals surface area contributed by atoms with Crippen LogP contribution < -0.4 is 0 Å². The number of nitrogens with zero attached hydrogens (tertiary/aromatic N) is 2. The highest BCUT2D eigenvalue weighted by molar-refractivity contribution is 6.30. The highest BCUT2D eigenvalue weighted by atomic mass is 35.5. The standard InChI is InChI=1S/C21H25ClN2O3/c1-2-19(21(25)26)24-13-10-17(11-14-24)27-20(18-5-3-4-12-23-18)15-6-8-16(22)9-7-15/h3-9,12,17,19-20H,2,10-11,13-14H2,1H3,(H,25,26)/t19-,20?/m0/s1. The Kier molecular flexibility index (Phi) is 6.83. The van der Waals surface area contributed by atoms with E-state index in [0.717, 1.165) is 37.2 Å². The monoisotopic (exact) mass is 388 g/mol. The zero-order valence-corrected chi connectivity index (χ0v) is 16.2. The predicted molar refractivity (Wildman–Crippen MR) is 105 cm³/mol. The maximum absolute atomic E-state index is 11.4. The van der Waals surface area contributed by atoms with Crippen LogP contribution in [0.2, 0.25) is 5.02 Å². The van der Waals surface area contributed by atoms with Gasteiger partial charge in [0.25, 0.3) is 0 Å². The summed E-state index contributed by atoms with van der Waals surface area (Å²) in [7, 11) is 0. The van der Waals surface area contributed by atoms with Crippen LogP contribution in [0, 0.1) is 0 Å². The number of rotatable bonds is 7. The minimum absolute atomic E-state index is 0.0650. The number of aliphatic carboxylic acids is 1. The van der Waals surface area contributed by atoms with Crippen LogP contribution in [0.25, 0.3) is 0 Å². The third kappa shape index (κ3) is 5.06. The molecule has 1 aromatic carbocycles. The fourth-order valence-corrected chi connectivity index (χ4v) is 3.72. The second kappa shape index (κ2) is 9.31. The third-order valence-electron chi connectivity index (χ3n) is 5.05. The molecule has 2 heterocycles. The molecular weight excluding hydrogens is 364 g/mol. The summed E-state index contributed by atoms with van der Waals surface area (Å²) in [5, 5.41) is 10.1. The average molecular weight is 389 g/mol. The molecule has 144 valence electrons. The van der Waals surface area contributed by atoms with E-state index in [4.69, 9.17) is 16.3 Å². The molecule has 2 aromatic rings. The second-order valence-corrected chi connectivity index (χ2v) is 7.26. The molecule has 1 unspecified atom stereocenters. The summed E-state index contributed by atoms with van der Waals surface area (Å²) in [6.45, 7) is 3.37. The van der Waals surface area contributed by atoms with Gasteiger partial charge < -0.3 is 9.84 Å². The minimum Gasteiger partial charge on any atom is -0.480 e. The molecular formula is C21H25ClN2O3. The Balaban J connectivity index is 1.70. The fraction of sp³-hybridized carbons (Fsp3) is 0.429. The highest BCUT2D eigenvalue weighted by Crippen LogP contribution is 2.30. The molecule has 0 aliphatic carbocycles. The molecule has 1 saturated heterocycles. The van der Waals surface area contributed by atoms with Crippen LogP contribution in [-0.4, -0.2) is 46.2 Å². The molecule has 0 amide bonds. The number of hydrogen-bond donors (Lipinski definition) is 1. The molecule has 1 aliphatic heterocycles. The molecule has 2 atom stereocenters. The van der Waals surface area contributed by atoms with E-state index in [1.54, 1.807) is 6.20 Å². The molecule has 0 saturated carbocycles. The Morgan fingerprint density at radius 1 is 1.26 bits per heavy atom. The molecule has 0 bridgehead atoms. The smallest absolute Gasteiger partial charge is 0.320 e. The minimum atomic E-state index is -0.746. The number of carboxylic acid groups (broad SMARTS) is 1. The SMILES string of the molecule is CC[C@@H](C(=O)O)N1CCC(OC(c2ccc(Cl)cc2)c2ccccn2)CC1. The number of aromatic nitrogens is 1. The number of pyridine rings is 1. The molecule has 0 radical (unpaired) electrons. The molecule has 27 heavy (non-hydrogen) atoms. The number of carboxylic acids is 1. The third-order valence-corrected chi connectivity index (χ3v) is 5.30. The summed E-state index contributed by atoms with van der Waals surface area (Å²) in [6, 6.07) is 13.0. The Morgan fingerprint density at radius 2 is 1.96 bits per heavy atom. The average Bonchev–Trinajstić information content (AvgIpc) is 2.69. The van der Waals surface area contributed by atoms with Crippen molar-refractivity contribution in [2.45, 2.75) is 44.4 Å². The first kappa shape index (κ1) is 19.8. The topological polar surface area (TPSA) is 62.7 Å². The molecule has 1 aliphatic rings. The van der Waals surface area contributed by atoms with Gasteiger partial charge in [0.2, 0.25) is 0 Å². The van der Waals surface area contributed by atoms with E-state index in [0.29, 0.717) is 11.4 Å². The van der Waals surface area contributed by atoms with Crippen molar-refractivity contribution in [1.82, 2.24) is 9.88 Å². The van der Waals surface area contributed by atoms with Gasteiger partial charge in [-0.2, -0.15) is 0 Å². The van der Waals surface area contributed by atoms with E-state index in [1.165, 1.54) is 0 Å². The van der Waals surface area contributed by atoms with Crippen LogP contribution in [-0.2, 0) is 9.53 Å². The van der Waals surface area contributed by atoms with Crippen molar-refractivity contribution in [3.05, 3.63) is 64.9 Å². The summed E-state index contributed by atoms with van der Waals surface area (Å²) in [6.07, 6.45) is 3.80. The number of ether oxygens (including phenoxy) is 1. The van der Waals surface area contributed by atoms with Crippen LogP contribution in [0.3, 0.4) is 0 Å². The number of halogens is 1. The molecule has 0 spiro atoms. The van der Waals surface area contributed by atoms with Gasteiger partial charge in [-0.15, -0.1) is 0 Å². The maximum atomic E-state index is 11.4.